The van der Waals surface area contributed by atoms with Gasteiger partial charge >= 0.3 is 0 Å². The molecular weight excluding hydrogens is 285 g/mol. The molecule has 1 heterocycles. The van der Waals surface area contributed by atoms with E-state index in [4.69, 9.17) is 5.73 Å². The first-order valence-corrected chi connectivity index (χ1v) is 7.45. The van der Waals surface area contributed by atoms with Crippen LogP contribution in [0.5, 0.6) is 0 Å². The highest BCUT2D eigenvalue weighted by atomic mass is 19.1. The zero-order valence-electron chi connectivity index (χ0n) is 13.0. The molecule has 0 spiro atoms. The second kappa shape index (κ2) is 6.87. The van der Waals surface area contributed by atoms with Crippen LogP contribution in [0.25, 0.3) is 0 Å². The molecule has 120 valence electrons. The van der Waals surface area contributed by atoms with Crippen LogP contribution >= 0.6 is 0 Å². The second-order valence-corrected chi connectivity index (χ2v) is 5.85. The number of halogens is 1. The highest BCUT2D eigenvalue weighted by Crippen LogP contribution is 2.14. The van der Waals surface area contributed by atoms with E-state index in [0.717, 1.165) is 5.56 Å². The summed E-state index contributed by atoms with van der Waals surface area (Å²) in [5, 5.41) is 0. The van der Waals surface area contributed by atoms with Crippen molar-refractivity contribution in [3.8, 4) is 0 Å². The highest BCUT2D eigenvalue weighted by Gasteiger charge is 2.30. The number of nitrogens with two attached hydrogens (primary N) is 1. The van der Waals surface area contributed by atoms with Gasteiger partial charge in [0.2, 0.25) is 11.8 Å². The van der Waals surface area contributed by atoms with Gasteiger partial charge in [0.15, 0.2) is 0 Å². The van der Waals surface area contributed by atoms with Gasteiger partial charge < -0.3 is 15.5 Å². The Morgan fingerprint density at radius 2 is 2.09 bits per heavy atom. The minimum atomic E-state index is -0.315. The zero-order chi connectivity index (χ0) is 16.3. The molecule has 2 atom stereocenters. The van der Waals surface area contributed by atoms with Gasteiger partial charge in [-0.2, -0.15) is 0 Å². The van der Waals surface area contributed by atoms with Gasteiger partial charge in [-0.15, -0.1) is 0 Å². The van der Waals surface area contributed by atoms with Crippen LogP contribution in [0.3, 0.4) is 0 Å². The molecule has 5 nitrogen and oxygen atoms in total. The Morgan fingerprint density at radius 1 is 1.36 bits per heavy atom. The van der Waals surface area contributed by atoms with Gasteiger partial charge in [-0.1, -0.05) is 19.1 Å². The van der Waals surface area contributed by atoms with E-state index in [-0.39, 0.29) is 36.1 Å². The van der Waals surface area contributed by atoms with Crippen molar-refractivity contribution in [1.82, 2.24) is 9.80 Å². The highest BCUT2D eigenvalue weighted by molar-refractivity contribution is 5.87. The largest absolute Gasteiger partial charge is 0.335 e. The number of carbonyl (C=O) groups is 2. The lowest BCUT2D eigenvalue weighted by Gasteiger charge is -2.36. The minimum Gasteiger partial charge on any atom is -0.335 e. The summed E-state index contributed by atoms with van der Waals surface area (Å²) in [6.45, 7) is 4.91. The molecule has 0 radical (unpaired) electrons. The quantitative estimate of drug-likeness (QED) is 0.902. The Labute approximate surface area is 129 Å². The average molecular weight is 307 g/mol. The number of piperazine rings is 1. The molecule has 1 aliphatic rings. The van der Waals surface area contributed by atoms with Crippen molar-refractivity contribution in [2.45, 2.75) is 26.4 Å². The first-order valence-electron chi connectivity index (χ1n) is 7.45. The molecule has 2 amide bonds. The zero-order valence-corrected chi connectivity index (χ0v) is 13.0. The van der Waals surface area contributed by atoms with Gasteiger partial charge in [0.25, 0.3) is 0 Å². The van der Waals surface area contributed by atoms with E-state index >= 15 is 0 Å². The maximum absolute atomic E-state index is 13.2. The maximum Gasteiger partial charge on any atom is 0.242 e. The van der Waals surface area contributed by atoms with Gasteiger partial charge in [-0.05, 0) is 24.6 Å². The number of rotatable bonds is 4. The van der Waals surface area contributed by atoms with Crippen LogP contribution in [0.15, 0.2) is 24.3 Å². The van der Waals surface area contributed by atoms with Gasteiger partial charge in [0.05, 0.1) is 12.5 Å². The summed E-state index contributed by atoms with van der Waals surface area (Å²) in [5.41, 5.74) is 6.49. The SMILES string of the molecule is CC(N)C(C)C(=O)N1CCN(Cc2cccc(F)c2)C(=O)C1. The fraction of sp³-hybridized carbons (Fsp3) is 0.500. The van der Waals surface area contributed by atoms with E-state index in [9.17, 15) is 14.0 Å². The van der Waals surface area contributed by atoms with E-state index in [1.807, 2.05) is 0 Å². The third kappa shape index (κ3) is 3.82. The monoisotopic (exact) mass is 307 g/mol. The summed E-state index contributed by atoms with van der Waals surface area (Å²) in [6, 6.07) is 5.96. The summed E-state index contributed by atoms with van der Waals surface area (Å²) in [7, 11) is 0. The molecule has 1 aromatic rings. The topological polar surface area (TPSA) is 66.6 Å². The normalized spacial score (nSPS) is 18.3. The lowest BCUT2D eigenvalue weighted by Crippen LogP contribution is -2.54. The Morgan fingerprint density at radius 3 is 2.68 bits per heavy atom. The van der Waals surface area contributed by atoms with Crippen molar-refractivity contribution in [2.24, 2.45) is 11.7 Å². The second-order valence-electron chi connectivity index (χ2n) is 5.85. The summed E-state index contributed by atoms with van der Waals surface area (Å²) in [6.07, 6.45) is 0. The Kier molecular flexibility index (Phi) is 5.13. The van der Waals surface area contributed by atoms with Gasteiger partial charge in [0.1, 0.15) is 5.82 Å². The first kappa shape index (κ1) is 16.4. The average Bonchev–Trinajstić information content (AvgIpc) is 2.47. The fourth-order valence-corrected chi connectivity index (χ4v) is 2.43. The van der Waals surface area contributed by atoms with Crippen LogP contribution in [0.2, 0.25) is 0 Å². The third-order valence-corrected chi connectivity index (χ3v) is 4.07. The molecular formula is C16H22FN3O2. The molecule has 0 aliphatic carbocycles. The lowest BCUT2D eigenvalue weighted by atomic mass is 10.0. The number of hydrogen-bond donors (Lipinski definition) is 1. The van der Waals surface area contributed by atoms with Crippen molar-refractivity contribution in [3.63, 3.8) is 0 Å². The standard InChI is InChI=1S/C16H22FN3O2/c1-11(12(2)18)16(22)20-7-6-19(15(21)10-20)9-13-4-3-5-14(17)8-13/h3-5,8,11-12H,6-7,9-10,18H2,1-2H3. The summed E-state index contributed by atoms with van der Waals surface area (Å²) >= 11 is 0. The van der Waals surface area contributed by atoms with E-state index in [0.29, 0.717) is 19.6 Å². The lowest BCUT2D eigenvalue weighted by molar-refractivity contribution is -0.148. The van der Waals surface area contributed by atoms with Crippen LogP contribution in [0.1, 0.15) is 19.4 Å². The van der Waals surface area contributed by atoms with Crippen molar-refractivity contribution in [1.29, 1.82) is 0 Å². The minimum absolute atomic E-state index is 0.0607. The smallest absolute Gasteiger partial charge is 0.242 e. The molecule has 0 saturated carbocycles. The van der Waals surface area contributed by atoms with Crippen molar-refractivity contribution in [2.75, 3.05) is 19.6 Å². The number of carbonyl (C=O) groups excluding carboxylic acids is 2. The van der Waals surface area contributed by atoms with Crippen LogP contribution < -0.4 is 5.73 Å². The summed E-state index contributed by atoms with van der Waals surface area (Å²) < 4.78 is 13.2. The fourth-order valence-electron chi connectivity index (χ4n) is 2.43. The van der Waals surface area contributed by atoms with E-state index in [2.05, 4.69) is 0 Å². The first-order chi connectivity index (χ1) is 10.4. The molecule has 1 fully saturated rings. The van der Waals surface area contributed by atoms with E-state index in [1.54, 1.807) is 35.8 Å². The molecule has 2 N–H and O–H groups in total. The number of hydrogen-bond acceptors (Lipinski definition) is 3. The molecule has 2 unspecified atom stereocenters. The Hall–Kier alpha value is -1.95. The molecule has 1 aliphatic heterocycles. The predicted octanol–water partition coefficient (Wildman–Crippen LogP) is 0.980. The van der Waals surface area contributed by atoms with Crippen molar-refractivity contribution >= 4 is 11.8 Å². The van der Waals surface area contributed by atoms with Crippen LogP contribution in [-0.4, -0.2) is 47.3 Å². The number of amides is 2. The van der Waals surface area contributed by atoms with E-state index in [1.165, 1.54) is 12.1 Å². The van der Waals surface area contributed by atoms with Gasteiger partial charge in [-0.25, -0.2) is 4.39 Å². The van der Waals surface area contributed by atoms with Crippen LogP contribution in [0.4, 0.5) is 4.39 Å². The van der Waals surface area contributed by atoms with Crippen LogP contribution in [0, 0.1) is 11.7 Å². The number of nitrogens with zero attached hydrogens (tertiary/aromatic N) is 2. The molecule has 1 aromatic carbocycles. The van der Waals surface area contributed by atoms with Crippen LogP contribution in [-0.2, 0) is 16.1 Å². The summed E-state index contributed by atoms with van der Waals surface area (Å²) in [4.78, 5) is 27.6. The third-order valence-electron chi connectivity index (χ3n) is 4.07. The predicted molar refractivity (Wildman–Crippen MR) is 81.2 cm³/mol. The van der Waals surface area contributed by atoms with Crippen molar-refractivity contribution < 1.29 is 14.0 Å². The molecule has 1 saturated heterocycles. The Bertz CT molecular complexity index is 562. The molecule has 6 heteroatoms. The Balaban J connectivity index is 1.96. The van der Waals surface area contributed by atoms with Gasteiger partial charge in [-0.3, -0.25) is 9.59 Å². The summed E-state index contributed by atoms with van der Waals surface area (Å²) in [5.74, 6) is -0.832. The maximum atomic E-state index is 13.2. The number of benzene rings is 1. The molecule has 0 bridgehead atoms. The molecule has 0 aromatic heterocycles. The van der Waals surface area contributed by atoms with E-state index < -0.39 is 0 Å². The van der Waals surface area contributed by atoms with Gasteiger partial charge in [0, 0.05) is 25.7 Å². The van der Waals surface area contributed by atoms with Crippen molar-refractivity contribution in [3.05, 3.63) is 35.6 Å². The molecule has 2 rings (SSSR count). The molecule has 22 heavy (non-hydrogen) atoms.